The first-order chi connectivity index (χ1) is 12.4. The number of amides is 1. The van der Waals surface area contributed by atoms with Gasteiger partial charge in [0, 0.05) is 19.3 Å². The summed E-state index contributed by atoms with van der Waals surface area (Å²) in [5.41, 5.74) is -0.647. The molecule has 2 heterocycles. The number of carbonyl (C=O) groups excluding carboxylic acids is 1. The molecular weight excluding hydrogens is 336 g/mol. The number of carbonyl (C=O) groups is 2. The molecule has 136 valence electrons. The molecular formula is C19H20N2O5. The zero-order valence-electron chi connectivity index (χ0n) is 14.1. The summed E-state index contributed by atoms with van der Waals surface area (Å²) in [5, 5.41) is 30.2. The van der Waals surface area contributed by atoms with Gasteiger partial charge in [0.1, 0.15) is 11.2 Å². The Hall–Kier alpha value is -2.93. The molecule has 3 N–H and O–H groups in total. The Bertz CT molecular complexity index is 811. The maximum Gasteiger partial charge on any atom is 0.312 e. The van der Waals surface area contributed by atoms with Crippen molar-refractivity contribution in [3.05, 3.63) is 59.9 Å². The van der Waals surface area contributed by atoms with Crippen LogP contribution in [0.15, 0.2) is 48.7 Å². The first-order valence-corrected chi connectivity index (χ1v) is 8.33. The molecule has 2 atom stereocenters. The van der Waals surface area contributed by atoms with E-state index in [4.69, 9.17) is 0 Å². The number of likely N-dealkylation sites (tertiary alicyclic amines) is 1. The average molecular weight is 356 g/mol. The third kappa shape index (κ3) is 3.25. The lowest BCUT2D eigenvalue weighted by Gasteiger charge is -2.42. The number of carboxylic acids is 1. The Balaban J connectivity index is 1.80. The predicted molar refractivity (Wildman–Crippen MR) is 92.6 cm³/mol. The van der Waals surface area contributed by atoms with Crippen molar-refractivity contribution in [2.75, 3.05) is 13.1 Å². The largest absolute Gasteiger partial charge is 0.505 e. The molecule has 0 spiro atoms. The lowest BCUT2D eigenvalue weighted by Crippen LogP contribution is -2.57. The molecule has 2 aromatic rings. The van der Waals surface area contributed by atoms with Crippen molar-refractivity contribution in [1.29, 1.82) is 0 Å². The van der Waals surface area contributed by atoms with Crippen molar-refractivity contribution in [3.63, 3.8) is 0 Å². The molecule has 0 saturated carbocycles. The van der Waals surface area contributed by atoms with Gasteiger partial charge in [0.15, 0.2) is 5.69 Å². The number of aliphatic hydroxyl groups excluding tert-OH is 1. The molecule has 1 aromatic carbocycles. The summed E-state index contributed by atoms with van der Waals surface area (Å²) in [7, 11) is 0. The average Bonchev–Trinajstić information content (AvgIpc) is 2.64. The highest BCUT2D eigenvalue weighted by Gasteiger charge is 2.49. The van der Waals surface area contributed by atoms with Crippen LogP contribution < -0.4 is 0 Å². The summed E-state index contributed by atoms with van der Waals surface area (Å²) in [6, 6.07) is 12.0. The molecule has 1 fully saturated rings. The number of rotatable bonds is 4. The number of aliphatic hydroxyl groups is 1. The predicted octanol–water partition coefficient (Wildman–Crippen LogP) is 1.31. The number of β-amino-alcohol motifs (C(OH)–C–C–N with tert-alkyl or cyclic N) is 1. The number of hydrogen-bond donors (Lipinski definition) is 3. The summed E-state index contributed by atoms with van der Waals surface area (Å²) in [4.78, 5) is 29.7. The molecule has 0 bridgehead atoms. The molecule has 7 nitrogen and oxygen atoms in total. The van der Waals surface area contributed by atoms with E-state index in [0.717, 1.165) is 5.56 Å². The number of aromatic nitrogens is 1. The minimum absolute atomic E-state index is 0.106. The Morgan fingerprint density at radius 1 is 1.19 bits per heavy atom. The van der Waals surface area contributed by atoms with Crippen molar-refractivity contribution in [2.24, 2.45) is 5.41 Å². The molecule has 0 unspecified atom stereocenters. The van der Waals surface area contributed by atoms with Crippen LogP contribution in [0.3, 0.4) is 0 Å². The van der Waals surface area contributed by atoms with E-state index < -0.39 is 23.4 Å². The van der Waals surface area contributed by atoms with E-state index in [1.807, 2.05) is 30.3 Å². The van der Waals surface area contributed by atoms with Gasteiger partial charge in [-0.1, -0.05) is 30.3 Å². The zero-order chi connectivity index (χ0) is 18.7. The van der Waals surface area contributed by atoms with E-state index >= 15 is 0 Å². The molecule has 0 radical (unpaired) electrons. The Kier molecular flexibility index (Phi) is 4.90. The van der Waals surface area contributed by atoms with Gasteiger partial charge in [-0.2, -0.15) is 0 Å². The third-order valence-corrected chi connectivity index (χ3v) is 4.92. The third-order valence-electron chi connectivity index (χ3n) is 4.92. The molecule has 7 heteroatoms. The molecule has 1 aliphatic rings. The van der Waals surface area contributed by atoms with Gasteiger partial charge in [-0.25, -0.2) is 4.98 Å². The second-order valence-corrected chi connectivity index (χ2v) is 6.51. The van der Waals surface area contributed by atoms with Crippen molar-refractivity contribution in [3.8, 4) is 5.75 Å². The maximum absolute atomic E-state index is 12.6. The number of aliphatic carboxylic acids is 1. The van der Waals surface area contributed by atoms with E-state index in [1.165, 1.54) is 23.2 Å². The number of nitrogens with zero attached hydrogens (tertiary/aromatic N) is 2. The van der Waals surface area contributed by atoms with Gasteiger partial charge in [-0.3, -0.25) is 9.59 Å². The van der Waals surface area contributed by atoms with Crippen LogP contribution >= 0.6 is 0 Å². The van der Waals surface area contributed by atoms with Gasteiger partial charge in [0.25, 0.3) is 5.91 Å². The van der Waals surface area contributed by atoms with Gasteiger partial charge in [-0.15, -0.1) is 0 Å². The number of carboxylic acid groups (broad SMARTS) is 1. The van der Waals surface area contributed by atoms with Crippen LogP contribution in [0.1, 0.15) is 22.5 Å². The molecule has 1 aliphatic heterocycles. The van der Waals surface area contributed by atoms with Crippen LogP contribution in [-0.4, -0.2) is 56.3 Å². The van der Waals surface area contributed by atoms with Crippen molar-refractivity contribution >= 4 is 11.9 Å². The van der Waals surface area contributed by atoms with Crippen molar-refractivity contribution in [2.45, 2.75) is 18.9 Å². The van der Waals surface area contributed by atoms with Crippen LogP contribution in [0.5, 0.6) is 5.75 Å². The quantitative estimate of drug-likeness (QED) is 0.762. The fourth-order valence-electron chi connectivity index (χ4n) is 3.36. The summed E-state index contributed by atoms with van der Waals surface area (Å²) >= 11 is 0. The minimum atomic E-state index is -1.36. The summed E-state index contributed by atoms with van der Waals surface area (Å²) in [6.07, 6.45) is 0.451. The Morgan fingerprint density at radius 2 is 1.92 bits per heavy atom. The van der Waals surface area contributed by atoms with E-state index in [-0.39, 0.29) is 37.4 Å². The van der Waals surface area contributed by atoms with Gasteiger partial charge in [0.05, 0.1) is 6.10 Å². The first-order valence-electron chi connectivity index (χ1n) is 8.33. The fourth-order valence-corrected chi connectivity index (χ4v) is 3.36. The zero-order valence-corrected chi connectivity index (χ0v) is 14.1. The summed E-state index contributed by atoms with van der Waals surface area (Å²) in [6.45, 7) is 0.0268. The van der Waals surface area contributed by atoms with E-state index in [9.17, 15) is 24.9 Å². The van der Waals surface area contributed by atoms with Crippen LogP contribution in [0.25, 0.3) is 0 Å². The van der Waals surface area contributed by atoms with Crippen molar-refractivity contribution in [1.82, 2.24) is 9.88 Å². The highest BCUT2D eigenvalue weighted by molar-refractivity contribution is 5.95. The number of pyridine rings is 1. The Morgan fingerprint density at radius 3 is 2.54 bits per heavy atom. The first kappa shape index (κ1) is 17.9. The number of aromatic hydroxyl groups is 1. The highest BCUT2D eigenvalue weighted by atomic mass is 16.4. The van der Waals surface area contributed by atoms with Crippen LogP contribution in [0.2, 0.25) is 0 Å². The Labute approximate surface area is 150 Å². The molecule has 3 rings (SSSR count). The standard InChI is InChI=1S/C19H20N2O5/c22-14-7-4-9-20-16(14)17(24)21-10-8-19(18(25)26,15(23)12-21)11-13-5-2-1-3-6-13/h1-7,9,15,22-23H,8,10-12H2,(H,25,26)/t15-,19-/m1/s1. The second kappa shape index (κ2) is 7.13. The van der Waals surface area contributed by atoms with Gasteiger partial charge in [0.2, 0.25) is 0 Å². The van der Waals surface area contributed by atoms with Crippen LogP contribution in [0, 0.1) is 5.41 Å². The summed E-state index contributed by atoms with van der Waals surface area (Å²) in [5.74, 6) is -1.85. The molecule has 1 saturated heterocycles. The number of benzene rings is 1. The maximum atomic E-state index is 12.6. The molecule has 0 aliphatic carbocycles. The lowest BCUT2D eigenvalue weighted by molar-refractivity contribution is -0.161. The lowest BCUT2D eigenvalue weighted by atomic mass is 9.71. The SMILES string of the molecule is O=C(c1ncccc1O)N1CC[C@](Cc2ccccc2)(C(=O)O)[C@H](O)C1. The van der Waals surface area contributed by atoms with E-state index in [2.05, 4.69) is 4.98 Å². The molecule has 1 amide bonds. The van der Waals surface area contributed by atoms with Gasteiger partial charge in [-0.05, 0) is 30.5 Å². The van der Waals surface area contributed by atoms with E-state index in [1.54, 1.807) is 0 Å². The molecule has 1 aromatic heterocycles. The second-order valence-electron chi connectivity index (χ2n) is 6.51. The highest BCUT2D eigenvalue weighted by Crippen LogP contribution is 2.36. The van der Waals surface area contributed by atoms with Gasteiger partial charge >= 0.3 is 5.97 Å². The normalized spacial score (nSPS) is 22.8. The topological polar surface area (TPSA) is 111 Å². The smallest absolute Gasteiger partial charge is 0.312 e. The van der Waals surface area contributed by atoms with Crippen molar-refractivity contribution < 1.29 is 24.9 Å². The number of piperidine rings is 1. The van der Waals surface area contributed by atoms with Gasteiger partial charge < -0.3 is 20.2 Å². The van der Waals surface area contributed by atoms with E-state index in [0.29, 0.717) is 0 Å². The minimum Gasteiger partial charge on any atom is -0.505 e. The number of hydrogen-bond acceptors (Lipinski definition) is 5. The fraction of sp³-hybridized carbons (Fsp3) is 0.316. The molecule has 26 heavy (non-hydrogen) atoms. The van der Waals surface area contributed by atoms with Crippen LogP contribution in [0.4, 0.5) is 0 Å². The summed E-state index contributed by atoms with van der Waals surface area (Å²) < 4.78 is 0. The van der Waals surface area contributed by atoms with Crippen LogP contribution in [-0.2, 0) is 11.2 Å². The monoisotopic (exact) mass is 356 g/mol.